The summed E-state index contributed by atoms with van der Waals surface area (Å²) in [7, 11) is 0. The summed E-state index contributed by atoms with van der Waals surface area (Å²) in [6.45, 7) is 1.56. The minimum Gasteiger partial charge on any atom is -0.481 e. The van der Waals surface area contributed by atoms with Gasteiger partial charge in [-0.3, -0.25) is 4.79 Å². The van der Waals surface area contributed by atoms with E-state index in [0.29, 0.717) is 22.7 Å². The molecule has 30 heavy (non-hydrogen) atoms. The molecule has 0 radical (unpaired) electrons. The Morgan fingerprint density at radius 3 is 2.37 bits per heavy atom. The summed E-state index contributed by atoms with van der Waals surface area (Å²) in [5.74, 6) is 0.526. The third-order valence-corrected chi connectivity index (χ3v) is 4.10. The summed E-state index contributed by atoms with van der Waals surface area (Å²) in [5.41, 5.74) is -0.863. The van der Waals surface area contributed by atoms with Gasteiger partial charge in [-0.05, 0) is 49.4 Å². The maximum Gasteiger partial charge on any atom is 0.417 e. The Kier molecular flexibility index (Phi) is 6.41. The number of carbonyl (C=O) groups is 1. The minimum atomic E-state index is -4.46. The number of hydrogen-bond acceptors (Lipinski definition) is 5. The lowest BCUT2D eigenvalue weighted by Crippen LogP contribution is -2.30. The lowest BCUT2D eigenvalue weighted by Gasteiger charge is -2.15. The van der Waals surface area contributed by atoms with Crippen molar-refractivity contribution in [2.45, 2.75) is 19.2 Å². The number of nitrogens with zero attached hydrogens (tertiary/aromatic N) is 2. The Balaban J connectivity index is 1.57. The van der Waals surface area contributed by atoms with Gasteiger partial charge in [0.15, 0.2) is 11.9 Å². The van der Waals surface area contributed by atoms with Crippen LogP contribution in [0, 0.1) is 0 Å². The van der Waals surface area contributed by atoms with E-state index in [1.165, 1.54) is 18.3 Å². The molecule has 0 bridgehead atoms. The van der Waals surface area contributed by atoms with Gasteiger partial charge in [0.25, 0.3) is 5.91 Å². The van der Waals surface area contributed by atoms with Crippen molar-refractivity contribution in [3.8, 4) is 17.4 Å². The van der Waals surface area contributed by atoms with Crippen molar-refractivity contribution in [3.63, 3.8) is 0 Å². The average molecular weight is 438 g/mol. The Morgan fingerprint density at radius 2 is 1.77 bits per heavy atom. The number of aromatic nitrogens is 2. The standard InChI is InChI=1S/C20H15ClF3N3O3/c1-12(19(28)27-18-16(21)3-2-10-25-18)29-14-5-7-15(8-6-14)30-17-9-4-13(11-26-17)20(22,23)24/h2-12H,1H3,(H,25,27,28). The van der Waals surface area contributed by atoms with Crippen LogP contribution >= 0.6 is 11.6 Å². The van der Waals surface area contributed by atoms with Crippen LogP contribution in [-0.2, 0) is 11.0 Å². The molecule has 1 atom stereocenters. The molecule has 0 saturated heterocycles. The van der Waals surface area contributed by atoms with E-state index in [2.05, 4.69) is 15.3 Å². The van der Waals surface area contributed by atoms with Gasteiger partial charge < -0.3 is 14.8 Å². The number of alkyl halides is 3. The van der Waals surface area contributed by atoms with Gasteiger partial charge in [-0.25, -0.2) is 9.97 Å². The van der Waals surface area contributed by atoms with Gasteiger partial charge in [-0.1, -0.05) is 11.6 Å². The van der Waals surface area contributed by atoms with Crippen LogP contribution in [0.25, 0.3) is 0 Å². The summed E-state index contributed by atoms with van der Waals surface area (Å²) >= 11 is 5.96. The molecule has 2 aromatic heterocycles. The molecule has 2 heterocycles. The molecule has 3 aromatic rings. The number of pyridine rings is 2. The third-order valence-electron chi connectivity index (χ3n) is 3.79. The molecular formula is C20H15ClF3N3O3. The maximum absolute atomic E-state index is 12.6. The molecule has 0 aliphatic rings. The van der Waals surface area contributed by atoms with Crippen molar-refractivity contribution in [2.24, 2.45) is 0 Å². The van der Waals surface area contributed by atoms with E-state index < -0.39 is 23.8 Å². The van der Waals surface area contributed by atoms with Gasteiger partial charge in [0.2, 0.25) is 5.88 Å². The van der Waals surface area contributed by atoms with Crippen molar-refractivity contribution >= 4 is 23.3 Å². The Morgan fingerprint density at radius 1 is 1.07 bits per heavy atom. The van der Waals surface area contributed by atoms with Crippen LogP contribution in [0.5, 0.6) is 17.4 Å². The number of carbonyl (C=O) groups excluding carboxylic acids is 1. The van der Waals surface area contributed by atoms with Gasteiger partial charge in [0.1, 0.15) is 11.5 Å². The summed E-state index contributed by atoms with van der Waals surface area (Å²) in [4.78, 5) is 19.8. The first-order valence-electron chi connectivity index (χ1n) is 8.61. The summed E-state index contributed by atoms with van der Waals surface area (Å²) in [5, 5.41) is 2.87. The van der Waals surface area contributed by atoms with Crippen LogP contribution in [0.15, 0.2) is 60.9 Å². The maximum atomic E-state index is 12.6. The SMILES string of the molecule is CC(Oc1ccc(Oc2ccc(C(F)(F)F)cn2)cc1)C(=O)Nc1ncccc1Cl. The minimum absolute atomic E-state index is 0.0108. The lowest BCUT2D eigenvalue weighted by atomic mass is 10.3. The van der Waals surface area contributed by atoms with E-state index in [1.54, 1.807) is 31.2 Å². The first-order valence-corrected chi connectivity index (χ1v) is 8.99. The highest BCUT2D eigenvalue weighted by molar-refractivity contribution is 6.33. The predicted molar refractivity (Wildman–Crippen MR) is 104 cm³/mol. The van der Waals surface area contributed by atoms with Crippen LogP contribution < -0.4 is 14.8 Å². The number of amides is 1. The molecule has 3 rings (SSSR count). The van der Waals surface area contributed by atoms with Crippen molar-refractivity contribution < 1.29 is 27.4 Å². The summed E-state index contributed by atoms with van der Waals surface area (Å²) in [6, 6.07) is 11.4. The monoisotopic (exact) mass is 437 g/mol. The highest BCUT2D eigenvalue weighted by atomic mass is 35.5. The predicted octanol–water partition coefficient (Wildman–Crippen LogP) is 5.35. The fraction of sp³-hybridized carbons (Fsp3) is 0.150. The number of anilines is 1. The molecule has 1 N–H and O–H groups in total. The van der Waals surface area contributed by atoms with Crippen molar-refractivity contribution in [1.82, 2.24) is 9.97 Å². The lowest BCUT2D eigenvalue weighted by molar-refractivity contribution is -0.137. The van der Waals surface area contributed by atoms with Gasteiger partial charge in [-0.2, -0.15) is 13.2 Å². The molecule has 10 heteroatoms. The molecule has 0 saturated carbocycles. The third kappa shape index (κ3) is 5.60. The molecule has 0 aliphatic heterocycles. The molecule has 1 amide bonds. The molecule has 156 valence electrons. The number of hydrogen-bond donors (Lipinski definition) is 1. The topological polar surface area (TPSA) is 73.3 Å². The summed E-state index contributed by atoms with van der Waals surface area (Å²) in [6.07, 6.45) is -3.11. The van der Waals surface area contributed by atoms with E-state index >= 15 is 0 Å². The highest BCUT2D eigenvalue weighted by Crippen LogP contribution is 2.30. The van der Waals surface area contributed by atoms with Crippen LogP contribution in [0.4, 0.5) is 19.0 Å². The Hall–Kier alpha value is -3.33. The second-order valence-electron chi connectivity index (χ2n) is 6.04. The molecule has 1 aromatic carbocycles. The molecule has 0 spiro atoms. The van der Waals surface area contributed by atoms with Gasteiger partial charge in [0.05, 0.1) is 10.6 Å². The van der Waals surface area contributed by atoms with Crippen molar-refractivity contribution in [3.05, 3.63) is 71.5 Å². The molecule has 6 nitrogen and oxygen atoms in total. The molecule has 0 fully saturated rings. The highest BCUT2D eigenvalue weighted by Gasteiger charge is 2.30. The second kappa shape index (κ2) is 9.00. The van der Waals surface area contributed by atoms with E-state index in [9.17, 15) is 18.0 Å². The number of ether oxygens (including phenoxy) is 2. The zero-order chi connectivity index (χ0) is 21.7. The normalized spacial score (nSPS) is 12.2. The quantitative estimate of drug-likeness (QED) is 0.563. The first-order chi connectivity index (χ1) is 14.2. The van der Waals surface area contributed by atoms with Crippen LogP contribution in [0.3, 0.4) is 0 Å². The Labute approximate surface area is 174 Å². The number of rotatable bonds is 6. The van der Waals surface area contributed by atoms with E-state index in [4.69, 9.17) is 21.1 Å². The largest absolute Gasteiger partial charge is 0.481 e. The smallest absolute Gasteiger partial charge is 0.417 e. The van der Waals surface area contributed by atoms with E-state index in [0.717, 1.165) is 12.1 Å². The summed E-state index contributed by atoms with van der Waals surface area (Å²) < 4.78 is 48.7. The number of benzene rings is 1. The average Bonchev–Trinajstić information content (AvgIpc) is 2.71. The second-order valence-corrected chi connectivity index (χ2v) is 6.45. The zero-order valence-corrected chi connectivity index (χ0v) is 16.2. The fourth-order valence-corrected chi connectivity index (χ4v) is 2.44. The zero-order valence-electron chi connectivity index (χ0n) is 15.5. The van der Waals surface area contributed by atoms with E-state index in [-0.39, 0.29) is 11.7 Å². The van der Waals surface area contributed by atoms with Crippen molar-refractivity contribution in [2.75, 3.05) is 5.32 Å². The van der Waals surface area contributed by atoms with Crippen molar-refractivity contribution in [1.29, 1.82) is 0 Å². The van der Waals surface area contributed by atoms with E-state index in [1.807, 2.05) is 0 Å². The first kappa shape index (κ1) is 21.4. The number of halogens is 4. The van der Waals surface area contributed by atoms with Crippen LogP contribution in [0.1, 0.15) is 12.5 Å². The molecular weight excluding hydrogens is 423 g/mol. The Bertz CT molecular complexity index is 1010. The van der Waals surface area contributed by atoms with Crippen LogP contribution in [-0.4, -0.2) is 22.0 Å². The van der Waals surface area contributed by atoms with Gasteiger partial charge >= 0.3 is 6.18 Å². The fourth-order valence-electron chi connectivity index (χ4n) is 2.27. The molecule has 1 unspecified atom stereocenters. The van der Waals surface area contributed by atoms with Gasteiger partial charge in [0, 0.05) is 18.5 Å². The molecule has 0 aliphatic carbocycles. The van der Waals surface area contributed by atoms with Crippen LogP contribution in [0.2, 0.25) is 5.02 Å². The van der Waals surface area contributed by atoms with Gasteiger partial charge in [-0.15, -0.1) is 0 Å². The number of nitrogens with one attached hydrogen (secondary N) is 1.